The van der Waals surface area contributed by atoms with Crippen molar-refractivity contribution in [3.05, 3.63) is 35.0 Å². The lowest BCUT2D eigenvalue weighted by molar-refractivity contribution is 0.594. The van der Waals surface area contributed by atoms with Crippen molar-refractivity contribution in [1.82, 2.24) is 4.98 Å². The molecule has 2 aromatic rings. The molecule has 2 N–H and O–H groups in total. The Hall–Kier alpha value is -1.28. The molecule has 0 unspecified atom stereocenters. The second-order valence-electron chi connectivity index (χ2n) is 4.98. The van der Waals surface area contributed by atoms with Gasteiger partial charge in [0.1, 0.15) is 0 Å². The van der Waals surface area contributed by atoms with Crippen LogP contribution in [0.5, 0.6) is 0 Å². The van der Waals surface area contributed by atoms with E-state index in [4.69, 9.17) is 17.3 Å². The van der Waals surface area contributed by atoms with Crippen molar-refractivity contribution in [2.75, 3.05) is 5.73 Å². The number of aromatic nitrogens is 1. The number of rotatable bonds is 0. The summed E-state index contributed by atoms with van der Waals surface area (Å²) in [5.41, 5.74) is 8.45. The summed E-state index contributed by atoms with van der Waals surface area (Å²) < 4.78 is 0. The number of hydrogen-bond donors (Lipinski definition) is 1. The van der Waals surface area contributed by atoms with Crippen molar-refractivity contribution in [1.29, 1.82) is 0 Å². The highest BCUT2D eigenvalue weighted by atomic mass is 35.5. The smallest absolute Gasteiger partial charge is 0.0755 e. The molecule has 1 aromatic heterocycles. The van der Waals surface area contributed by atoms with E-state index < -0.39 is 0 Å². The molecule has 0 fully saturated rings. The second kappa shape index (κ2) is 3.63. The molecule has 0 radical (unpaired) electrons. The zero-order valence-corrected chi connectivity index (χ0v) is 10.5. The van der Waals surface area contributed by atoms with Crippen molar-refractivity contribution in [3.8, 4) is 0 Å². The minimum absolute atomic E-state index is 0.0476. The quantitative estimate of drug-likeness (QED) is 0.754. The molecule has 0 aliphatic rings. The highest BCUT2D eigenvalue weighted by Gasteiger charge is 2.18. The Morgan fingerprint density at radius 2 is 1.94 bits per heavy atom. The predicted octanol–water partition coefficient (Wildman–Crippen LogP) is 3.77. The molecule has 2 nitrogen and oxygen atoms in total. The molecule has 0 saturated heterocycles. The zero-order chi connectivity index (χ0) is 11.9. The van der Waals surface area contributed by atoms with Crippen LogP contribution in [-0.4, -0.2) is 4.98 Å². The average Bonchev–Trinajstić information content (AvgIpc) is 2.21. The number of anilines is 1. The van der Waals surface area contributed by atoms with Gasteiger partial charge in [0, 0.05) is 5.39 Å². The van der Waals surface area contributed by atoms with Crippen molar-refractivity contribution >= 4 is 28.2 Å². The lowest BCUT2D eigenvalue weighted by Gasteiger charge is -2.20. The van der Waals surface area contributed by atoms with Crippen LogP contribution < -0.4 is 5.73 Å². The number of para-hydroxylation sites is 1. The minimum atomic E-state index is 0.0476. The normalized spacial score (nSPS) is 12.0. The summed E-state index contributed by atoms with van der Waals surface area (Å²) in [5, 5.41) is 1.52. The van der Waals surface area contributed by atoms with Gasteiger partial charge in [-0.3, -0.25) is 4.98 Å². The third kappa shape index (κ3) is 1.74. The molecular weight excluding hydrogens is 220 g/mol. The van der Waals surface area contributed by atoms with E-state index in [1.54, 1.807) is 6.20 Å². The van der Waals surface area contributed by atoms with Gasteiger partial charge in [0.2, 0.25) is 0 Å². The monoisotopic (exact) mass is 234 g/mol. The molecule has 2 rings (SSSR count). The Balaban J connectivity index is 2.85. The zero-order valence-electron chi connectivity index (χ0n) is 9.71. The molecule has 0 aliphatic carbocycles. The lowest BCUT2D eigenvalue weighted by atomic mass is 9.85. The van der Waals surface area contributed by atoms with Gasteiger partial charge in [-0.1, -0.05) is 50.6 Å². The molecule has 16 heavy (non-hydrogen) atoms. The third-order valence-corrected chi connectivity index (χ3v) is 3.09. The summed E-state index contributed by atoms with van der Waals surface area (Å²) in [4.78, 5) is 4.40. The first-order chi connectivity index (χ1) is 7.41. The van der Waals surface area contributed by atoms with E-state index in [1.165, 1.54) is 5.56 Å². The van der Waals surface area contributed by atoms with Crippen molar-refractivity contribution in [3.63, 3.8) is 0 Å². The molecule has 0 amide bonds. The van der Waals surface area contributed by atoms with E-state index in [0.717, 1.165) is 10.9 Å². The fraction of sp³-hybridized carbons (Fsp3) is 0.308. The number of fused-ring (bicyclic) bond motifs is 1. The van der Waals surface area contributed by atoms with Crippen LogP contribution in [0.1, 0.15) is 26.3 Å². The largest absolute Gasteiger partial charge is 0.396 e. The van der Waals surface area contributed by atoms with E-state index in [1.807, 2.05) is 12.1 Å². The summed E-state index contributed by atoms with van der Waals surface area (Å²) in [6.07, 6.45) is 1.62. The topological polar surface area (TPSA) is 38.9 Å². The number of benzene rings is 1. The Morgan fingerprint density at radius 3 is 2.56 bits per heavy atom. The Kier molecular flexibility index (Phi) is 2.55. The summed E-state index contributed by atoms with van der Waals surface area (Å²) in [7, 11) is 0. The van der Waals surface area contributed by atoms with E-state index in [0.29, 0.717) is 10.7 Å². The summed E-state index contributed by atoms with van der Waals surface area (Å²) >= 11 is 6.18. The predicted molar refractivity (Wildman–Crippen MR) is 69.9 cm³/mol. The molecular formula is C13H15ClN2. The van der Waals surface area contributed by atoms with Crippen LogP contribution in [-0.2, 0) is 5.41 Å². The molecule has 1 aromatic carbocycles. The van der Waals surface area contributed by atoms with Gasteiger partial charge in [-0.2, -0.15) is 0 Å². The van der Waals surface area contributed by atoms with Crippen LogP contribution >= 0.6 is 11.6 Å². The Labute approximate surface area is 100 Å². The molecule has 0 saturated carbocycles. The lowest BCUT2D eigenvalue weighted by Crippen LogP contribution is -2.12. The van der Waals surface area contributed by atoms with E-state index in [-0.39, 0.29) is 5.41 Å². The highest BCUT2D eigenvalue weighted by molar-refractivity contribution is 6.37. The number of hydrogen-bond acceptors (Lipinski definition) is 2. The van der Waals surface area contributed by atoms with Crippen LogP contribution in [0, 0.1) is 0 Å². The number of pyridine rings is 1. The highest BCUT2D eigenvalue weighted by Crippen LogP contribution is 2.33. The number of halogens is 1. The van der Waals surface area contributed by atoms with Crippen LogP contribution in [0.4, 0.5) is 5.69 Å². The molecule has 0 bridgehead atoms. The Bertz CT molecular complexity index is 541. The molecule has 0 spiro atoms. The second-order valence-corrected chi connectivity index (χ2v) is 5.36. The van der Waals surface area contributed by atoms with Crippen molar-refractivity contribution < 1.29 is 0 Å². The van der Waals surface area contributed by atoms with Gasteiger partial charge >= 0.3 is 0 Å². The number of nitrogen functional groups attached to an aromatic ring is 1. The van der Waals surface area contributed by atoms with Gasteiger partial charge in [-0.15, -0.1) is 0 Å². The van der Waals surface area contributed by atoms with Crippen LogP contribution in [0.15, 0.2) is 24.4 Å². The molecule has 0 atom stereocenters. The summed E-state index contributed by atoms with van der Waals surface area (Å²) in [6, 6.07) is 6.04. The summed E-state index contributed by atoms with van der Waals surface area (Å²) in [5.74, 6) is 0. The van der Waals surface area contributed by atoms with Crippen LogP contribution in [0.2, 0.25) is 5.02 Å². The average molecular weight is 235 g/mol. The van der Waals surface area contributed by atoms with Gasteiger partial charge in [0.25, 0.3) is 0 Å². The SMILES string of the molecule is CC(C)(C)c1cccc2c(Cl)c(N)cnc12. The van der Waals surface area contributed by atoms with Gasteiger partial charge < -0.3 is 5.73 Å². The number of nitrogens with zero attached hydrogens (tertiary/aromatic N) is 1. The molecule has 84 valence electrons. The fourth-order valence-electron chi connectivity index (χ4n) is 1.81. The first-order valence-corrected chi connectivity index (χ1v) is 5.62. The van der Waals surface area contributed by atoms with Gasteiger partial charge in [0.15, 0.2) is 0 Å². The van der Waals surface area contributed by atoms with Crippen LogP contribution in [0.25, 0.3) is 10.9 Å². The van der Waals surface area contributed by atoms with Crippen molar-refractivity contribution in [2.45, 2.75) is 26.2 Å². The maximum absolute atomic E-state index is 6.18. The summed E-state index contributed by atoms with van der Waals surface area (Å²) in [6.45, 7) is 6.48. The molecule has 1 heterocycles. The van der Waals surface area contributed by atoms with Gasteiger partial charge in [-0.05, 0) is 11.0 Å². The molecule has 0 aliphatic heterocycles. The van der Waals surface area contributed by atoms with Crippen LogP contribution in [0.3, 0.4) is 0 Å². The first kappa shape index (κ1) is 11.2. The fourth-order valence-corrected chi connectivity index (χ4v) is 2.01. The standard InChI is InChI=1S/C13H15ClN2/c1-13(2,3)9-6-4-5-8-11(14)10(15)7-16-12(8)9/h4-7H,15H2,1-3H3. The maximum Gasteiger partial charge on any atom is 0.0755 e. The third-order valence-electron chi connectivity index (χ3n) is 2.67. The molecule has 3 heteroatoms. The Morgan fingerprint density at radius 1 is 1.25 bits per heavy atom. The van der Waals surface area contributed by atoms with E-state index in [9.17, 15) is 0 Å². The van der Waals surface area contributed by atoms with E-state index >= 15 is 0 Å². The van der Waals surface area contributed by atoms with Crippen molar-refractivity contribution in [2.24, 2.45) is 0 Å². The van der Waals surface area contributed by atoms with Gasteiger partial charge in [0.05, 0.1) is 22.4 Å². The minimum Gasteiger partial charge on any atom is -0.396 e. The maximum atomic E-state index is 6.18. The first-order valence-electron chi connectivity index (χ1n) is 5.24. The number of nitrogens with two attached hydrogens (primary N) is 1. The van der Waals surface area contributed by atoms with E-state index in [2.05, 4.69) is 31.8 Å². The van der Waals surface area contributed by atoms with Gasteiger partial charge in [-0.25, -0.2) is 0 Å².